The molecule has 0 aliphatic carbocycles. The fraction of sp³-hybridized carbons (Fsp3) is 0.250. The number of carbonyl (C=O) groups excluding carboxylic acids is 1. The van der Waals surface area contributed by atoms with E-state index in [1.165, 1.54) is 9.75 Å². The van der Waals surface area contributed by atoms with Crippen LogP contribution in [0.3, 0.4) is 0 Å². The number of hydrogen-bond acceptors (Lipinski definition) is 3. The highest BCUT2D eigenvalue weighted by molar-refractivity contribution is 7.21. The number of nitrogens with zero attached hydrogens (tertiary/aromatic N) is 1. The normalized spacial score (nSPS) is 10.4. The van der Waals surface area contributed by atoms with E-state index in [-0.39, 0.29) is 5.91 Å². The number of carbonyl (C=O) groups is 1. The molecule has 0 fully saturated rings. The van der Waals surface area contributed by atoms with Crippen LogP contribution in [0.1, 0.15) is 4.88 Å². The van der Waals surface area contributed by atoms with Gasteiger partial charge in [-0.05, 0) is 23.6 Å². The van der Waals surface area contributed by atoms with Crippen molar-refractivity contribution in [3.05, 3.63) is 34.5 Å². The number of hydrogen-bond donors (Lipinski definition) is 0. The Balaban J connectivity index is 2.11. The SMILES string of the molecule is CN(C)C(=O)Cc1ccc(-c2cccs2)s1. The summed E-state index contributed by atoms with van der Waals surface area (Å²) in [6.07, 6.45) is 0.503. The lowest BCUT2D eigenvalue weighted by Gasteiger charge is -2.08. The molecule has 16 heavy (non-hydrogen) atoms. The van der Waals surface area contributed by atoms with Gasteiger partial charge in [0.05, 0.1) is 6.42 Å². The summed E-state index contributed by atoms with van der Waals surface area (Å²) in [6.45, 7) is 0. The highest BCUT2D eigenvalue weighted by Gasteiger charge is 2.09. The molecule has 0 bridgehead atoms. The zero-order valence-electron chi connectivity index (χ0n) is 9.27. The molecule has 0 N–H and O–H groups in total. The van der Waals surface area contributed by atoms with Gasteiger partial charge in [0.25, 0.3) is 0 Å². The molecule has 2 heterocycles. The maximum absolute atomic E-state index is 11.5. The summed E-state index contributed by atoms with van der Waals surface area (Å²) in [6, 6.07) is 8.29. The standard InChI is InChI=1S/C12H13NOS2/c1-13(2)12(14)8-9-5-6-11(16-9)10-4-3-7-15-10/h3-7H,8H2,1-2H3. The molecular formula is C12H13NOS2. The van der Waals surface area contributed by atoms with Crippen molar-refractivity contribution in [2.45, 2.75) is 6.42 Å². The minimum atomic E-state index is 0.152. The molecule has 0 saturated heterocycles. The zero-order valence-corrected chi connectivity index (χ0v) is 10.9. The van der Waals surface area contributed by atoms with Crippen LogP contribution in [0.15, 0.2) is 29.6 Å². The first-order valence-corrected chi connectivity index (χ1v) is 6.69. The number of likely N-dealkylation sites (N-methyl/N-ethyl adjacent to an activating group) is 1. The summed E-state index contributed by atoms with van der Waals surface area (Å²) < 4.78 is 0. The molecular weight excluding hydrogens is 238 g/mol. The molecule has 2 aromatic rings. The van der Waals surface area contributed by atoms with Crippen molar-refractivity contribution in [1.82, 2.24) is 4.90 Å². The van der Waals surface area contributed by atoms with Crippen molar-refractivity contribution in [3.63, 3.8) is 0 Å². The van der Waals surface area contributed by atoms with E-state index >= 15 is 0 Å². The van der Waals surface area contributed by atoms with Crippen LogP contribution < -0.4 is 0 Å². The third-order valence-electron chi connectivity index (χ3n) is 2.25. The first kappa shape index (κ1) is 11.4. The fourth-order valence-electron chi connectivity index (χ4n) is 1.33. The Morgan fingerprint density at radius 3 is 2.69 bits per heavy atom. The predicted molar refractivity (Wildman–Crippen MR) is 70.0 cm³/mol. The van der Waals surface area contributed by atoms with Crippen LogP contribution in [0.5, 0.6) is 0 Å². The van der Waals surface area contributed by atoms with Crippen molar-refractivity contribution in [2.75, 3.05) is 14.1 Å². The second-order valence-corrected chi connectivity index (χ2v) is 5.82. The highest BCUT2D eigenvalue weighted by atomic mass is 32.1. The van der Waals surface area contributed by atoms with Crippen molar-refractivity contribution < 1.29 is 4.79 Å². The van der Waals surface area contributed by atoms with Gasteiger partial charge in [0.1, 0.15) is 0 Å². The van der Waals surface area contributed by atoms with Crippen molar-refractivity contribution in [2.24, 2.45) is 0 Å². The van der Waals surface area contributed by atoms with Crippen LogP contribution in [-0.2, 0) is 11.2 Å². The van der Waals surface area contributed by atoms with E-state index in [2.05, 4.69) is 17.5 Å². The van der Waals surface area contributed by atoms with Crippen LogP contribution in [-0.4, -0.2) is 24.9 Å². The minimum Gasteiger partial charge on any atom is -0.349 e. The van der Waals surface area contributed by atoms with Crippen molar-refractivity contribution in [1.29, 1.82) is 0 Å². The number of amides is 1. The molecule has 0 aromatic carbocycles. The molecule has 2 aromatic heterocycles. The molecule has 0 unspecified atom stereocenters. The predicted octanol–water partition coefficient (Wildman–Crippen LogP) is 3.11. The Bertz CT molecular complexity index is 471. The van der Waals surface area contributed by atoms with E-state index in [0.717, 1.165) is 4.88 Å². The van der Waals surface area contributed by atoms with E-state index in [4.69, 9.17) is 0 Å². The van der Waals surface area contributed by atoms with Crippen LogP contribution in [0.4, 0.5) is 0 Å². The minimum absolute atomic E-state index is 0.152. The Hall–Kier alpha value is -1.13. The Morgan fingerprint density at radius 2 is 2.06 bits per heavy atom. The van der Waals surface area contributed by atoms with Gasteiger partial charge in [0.15, 0.2) is 0 Å². The third-order valence-corrected chi connectivity index (χ3v) is 4.40. The van der Waals surface area contributed by atoms with E-state index in [9.17, 15) is 4.79 Å². The first-order chi connectivity index (χ1) is 7.66. The van der Waals surface area contributed by atoms with Gasteiger partial charge in [-0.3, -0.25) is 4.79 Å². The van der Waals surface area contributed by atoms with E-state index < -0.39 is 0 Å². The van der Waals surface area contributed by atoms with E-state index in [0.29, 0.717) is 6.42 Å². The third kappa shape index (κ3) is 2.51. The van der Waals surface area contributed by atoms with Crippen LogP contribution in [0, 0.1) is 0 Å². The molecule has 0 aliphatic rings. The molecule has 1 amide bonds. The first-order valence-electron chi connectivity index (χ1n) is 4.99. The van der Waals surface area contributed by atoms with Crippen LogP contribution in [0.25, 0.3) is 9.75 Å². The van der Waals surface area contributed by atoms with Gasteiger partial charge in [0, 0.05) is 28.7 Å². The molecule has 0 saturated carbocycles. The molecule has 0 aliphatic heterocycles. The van der Waals surface area contributed by atoms with Gasteiger partial charge in [-0.1, -0.05) is 6.07 Å². The number of thiophene rings is 2. The van der Waals surface area contributed by atoms with Gasteiger partial charge >= 0.3 is 0 Å². The second kappa shape index (κ2) is 4.80. The van der Waals surface area contributed by atoms with Gasteiger partial charge in [-0.25, -0.2) is 0 Å². The Morgan fingerprint density at radius 1 is 1.25 bits per heavy atom. The Kier molecular flexibility index (Phi) is 3.41. The number of rotatable bonds is 3. The average Bonchev–Trinajstić information content (AvgIpc) is 2.85. The van der Waals surface area contributed by atoms with Gasteiger partial charge in [-0.2, -0.15) is 0 Å². The maximum Gasteiger partial charge on any atom is 0.227 e. The quantitative estimate of drug-likeness (QED) is 0.821. The summed E-state index contributed by atoms with van der Waals surface area (Å²) in [7, 11) is 3.58. The van der Waals surface area contributed by atoms with Gasteiger partial charge < -0.3 is 4.90 Å². The lowest BCUT2D eigenvalue weighted by Crippen LogP contribution is -2.22. The van der Waals surface area contributed by atoms with Gasteiger partial charge in [-0.15, -0.1) is 22.7 Å². The fourth-order valence-corrected chi connectivity index (χ4v) is 3.16. The molecule has 2 nitrogen and oxygen atoms in total. The summed E-state index contributed by atoms with van der Waals surface area (Å²) in [5, 5.41) is 2.07. The lowest BCUT2D eigenvalue weighted by molar-refractivity contribution is -0.127. The van der Waals surface area contributed by atoms with Crippen molar-refractivity contribution in [3.8, 4) is 9.75 Å². The summed E-state index contributed by atoms with van der Waals surface area (Å²) in [5.41, 5.74) is 0. The monoisotopic (exact) mass is 251 g/mol. The largest absolute Gasteiger partial charge is 0.349 e. The zero-order chi connectivity index (χ0) is 11.5. The molecule has 0 radical (unpaired) electrons. The molecule has 4 heteroatoms. The second-order valence-electron chi connectivity index (χ2n) is 3.71. The Labute approximate surface area is 103 Å². The smallest absolute Gasteiger partial charge is 0.227 e. The maximum atomic E-state index is 11.5. The van der Waals surface area contributed by atoms with Crippen molar-refractivity contribution >= 4 is 28.6 Å². The average molecular weight is 251 g/mol. The molecule has 84 valence electrons. The van der Waals surface area contributed by atoms with Crippen LogP contribution >= 0.6 is 22.7 Å². The molecule has 0 spiro atoms. The van der Waals surface area contributed by atoms with E-state index in [1.54, 1.807) is 41.7 Å². The van der Waals surface area contributed by atoms with E-state index in [1.807, 2.05) is 12.1 Å². The topological polar surface area (TPSA) is 20.3 Å². The lowest BCUT2D eigenvalue weighted by atomic mass is 10.3. The van der Waals surface area contributed by atoms with Gasteiger partial charge in [0.2, 0.25) is 5.91 Å². The van der Waals surface area contributed by atoms with Crippen LogP contribution in [0.2, 0.25) is 0 Å². The summed E-state index contributed by atoms with van der Waals surface area (Å²) in [4.78, 5) is 16.8. The molecule has 0 atom stereocenters. The molecule has 2 rings (SSSR count). The highest BCUT2D eigenvalue weighted by Crippen LogP contribution is 2.31. The summed E-state index contributed by atoms with van der Waals surface area (Å²) >= 11 is 3.43. The summed E-state index contributed by atoms with van der Waals surface area (Å²) in [5.74, 6) is 0.152.